The number of benzene rings is 1. The van der Waals surface area contributed by atoms with Gasteiger partial charge in [0.05, 0.1) is 32.3 Å². The van der Waals surface area contributed by atoms with Gasteiger partial charge in [-0.05, 0) is 30.0 Å². The normalized spacial score (nSPS) is 26.4. The van der Waals surface area contributed by atoms with E-state index in [9.17, 15) is 15.0 Å². The highest BCUT2D eigenvalue weighted by atomic mass is 16.5. The van der Waals surface area contributed by atoms with Gasteiger partial charge in [0.2, 0.25) is 5.91 Å². The summed E-state index contributed by atoms with van der Waals surface area (Å²) in [6.07, 6.45) is 0.571. The van der Waals surface area contributed by atoms with Crippen molar-refractivity contribution < 1.29 is 24.5 Å². The molecule has 6 heteroatoms. The highest BCUT2D eigenvalue weighted by Crippen LogP contribution is 2.26. The molecule has 6 nitrogen and oxygen atoms in total. The van der Waals surface area contributed by atoms with Gasteiger partial charge in [0.15, 0.2) is 0 Å². The Morgan fingerprint density at radius 3 is 3.00 bits per heavy atom. The second-order valence-electron chi connectivity index (χ2n) is 6.70. The maximum Gasteiger partial charge on any atom is 0.226 e. The molecule has 0 saturated carbocycles. The lowest BCUT2D eigenvalue weighted by Gasteiger charge is -2.34. The van der Waals surface area contributed by atoms with E-state index in [0.717, 1.165) is 36.3 Å². The zero-order chi connectivity index (χ0) is 17.1. The minimum atomic E-state index is -0.882. The summed E-state index contributed by atoms with van der Waals surface area (Å²) in [4.78, 5) is 14.1. The van der Waals surface area contributed by atoms with Crippen LogP contribution in [0.15, 0.2) is 18.2 Å². The molecule has 2 heterocycles. The van der Waals surface area contributed by atoms with Crippen LogP contribution in [0.2, 0.25) is 0 Å². The van der Waals surface area contributed by atoms with Crippen molar-refractivity contribution in [3.8, 4) is 5.75 Å². The van der Waals surface area contributed by atoms with E-state index < -0.39 is 12.2 Å². The molecule has 1 aromatic carbocycles. The highest BCUT2D eigenvalue weighted by molar-refractivity contribution is 5.78. The van der Waals surface area contributed by atoms with Crippen LogP contribution < -0.4 is 4.74 Å². The number of fused-ring (bicyclic) bond motifs is 1. The van der Waals surface area contributed by atoms with Crippen molar-refractivity contribution in [3.63, 3.8) is 0 Å². The smallest absolute Gasteiger partial charge is 0.226 e. The van der Waals surface area contributed by atoms with Crippen LogP contribution in [-0.2, 0) is 22.4 Å². The van der Waals surface area contributed by atoms with Crippen molar-refractivity contribution in [2.24, 2.45) is 5.92 Å². The number of hydrogen-bond donors (Lipinski definition) is 2. The zero-order valence-corrected chi connectivity index (χ0v) is 14.0. The van der Waals surface area contributed by atoms with Gasteiger partial charge in [-0.3, -0.25) is 4.79 Å². The summed E-state index contributed by atoms with van der Waals surface area (Å²) >= 11 is 0. The summed E-state index contributed by atoms with van der Waals surface area (Å²) < 4.78 is 10.9. The van der Waals surface area contributed by atoms with Crippen LogP contribution in [0.4, 0.5) is 0 Å². The molecule has 132 valence electrons. The molecule has 3 atom stereocenters. The molecule has 1 fully saturated rings. The van der Waals surface area contributed by atoms with Crippen molar-refractivity contribution in [2.45, 2.75) is 31.5 Å². The van der Waals surface area contributed by atoms with Gasteiger partial charge in [-0.2, -0.15) is 0 Å². The number of amides is 1. The molecule has 2 N–H and O–H groups in total. The summed E-state index contributed by atoms with van der Waals surface area (Å²) in [7, 11) is 1.72. The molecule has 0 aromatic heterocycles. The van der Waals surface area contributed by atoms with Crippen LogP contribution in [0.5, 0.6) is 5.75 Å². The first-order valence-corrected chi connectivity index (χ1v) is 8.47. The van der Waals surface area contributed by atoms with Gasteiger partial charge in [-0.15, -0.1) is 0 Å². The monoisotopic (exact) mass is 335 g/mol. The van der Waals surface area contributed by atoms with Crippen LogP contribution in [-0.4, -0.2) is 66.6 Å². The summed E-state index contributed by atoms with van der Waals surface area (Å²) in [5.41, 5.74) is 2.13. The SMILES string of the molecule is CN(C[C@@H]1COC[C@@H](O)[C@H]1O)C(=O)Cc1ccc2c(c1)CCCO2. The first-order valence-electron chi connectivity index (χ1n) is 8.47. The number of likely N-dealkylation sites (N-methyl/N-ethyl adjacent to an activating group) is 1. The van der Waals surface area contributed by atoms with Crippen LogP contribution >= 0.6 is 0 Å². The Balaban J connectivity index is 1.58. The van der Waals surface area contributed by atoms with E-state index in [2.05, 4.69) is 0 Å². The third kappa shape index (κ3) is 3.88. The van der Waals surface area contributed by atoms with Crippen molar-refractivity contribution in [3.05, 3.63) is 29.3 Å². The largest absolute Gasteiger partial charge is 0.493 e. The molecule has 1 aromatic rings. The minimum Gasteiger partial charge on any atom is -0.493 e. The van der Waals surface area contributed by atoms with Gasteiger partial charge in [0.25, 0.3) is 0 Å². The average Bonchev–Trinajstić information content (AvgIpc) is 2.58. The second-order valence-corrected chi connectivity index (χ2v) is 6.70. The first kappa shape index (κ1) is 17.2. The van der Waals surface area contributed by atoms with E-state index in [0.29, 0.717) is 19.6 Å². The van der Waals surface area contributed by atoms with E-state index in [1.54, 1.807) is 11.9 Å². The minimum absolute atomic E-state index is 0.0149. The molecule has 24 heavy (non-hydrogen) atoms. The van der Waals surface area contributed by atoms with E-state index in [-0.39, 0.29) is 18.4 Å². The van der Waals surface area contributed by atoms with Crippen LogP contribution in [0.3, 0.4) is 0 Å². The molecule has 0 bridgehead atoms. The first-order chi connectivity index (χ1) is 11.5. The van der Waals surface area contributed by atoms with Gasteiger partial charge in [0.1, 0.15) is 11.9 Å². The molecule has 2 aliphatic heterocycles. The predicted octanol–water partition coefficient (Wildman–Crippen LogP) is 0.381. The second kappa shape index (κ2) is 7.51. The average molecular weight is 335 g/mol. The van der Waals surface area contributed by atoms with Crippen molar-refractivity contribution in [1.29, 1.82) is 0 Å². The van der Waals surface area contributed by atoms with Gasteiger partial charge < -0.3 is 24.6 Å². The van der Waals surface area contributed by atoms with Gasteiger partial charge >= 0.3 is 0 Å². The van der Waals surface area contributed by atoms with Gasteiger partial charge in [0, 0.05) is 19.5 Å². The lowest BCUT2D eigenvalue weighted by atomic mass is 9.95. The Kier molecular flexibility index (Phi) is 5.38. The molecule has 1 saturated heterocycles. The third-order valence-corrected chi connectivity index (χ3v) is 4.76. The molecular weight excluding hydrogens is 310 g/mol. The molecule has 0 spiro atoms. The van der Waals surface area contributed by atoms with E-state index >= 15 is 0 Å². The number of carbonyl (C=O) groups excluding carboxylic acids is 1. The van der Waals surface area contributed by atoms with Crippen LogP contribution in [0, 0.1) is 5.92 Å². The predicted molar refractivity (Wildman–Crippen MR) is 87.9 cm³/mol. The number of ether oxygens (including phenoxy) is 2. The number of aliphatic hydroxyl groups is 2. The lowest BCUT2D eigenvalue weighted by Crippen LogP contribution is -2.49. The van der Waals surface area contributed by atoms with Crippen molar-refractivity contribution in [1.82, 2.24) is 4.90 Å². The lowest BCUT2D eigenvalue weighted by molar-refractivity contribution is -0.139. The highest BCUT2D eigenvalue weighted by Gasteiger charge is 2.32. The summed E-state index contributed by atoms with van der Waals surface area (Å²) in [5.74, 6) is 0.640. The Morgan fingerprint density at radius 1 is 1.33 bits per heavy atom. The Hall–Kier alpha value is -1.63. The summed E-state index contributed by atoms with van der Waals surface area (Å²) in [5, 5.41) is 19.7. The standard InChI is InChI=1S/C18H25NO5/c1-19(9-14-10-23-11-15(20)18(14)22)17(21)8-12-4-5-16-13(7-12)3-2-6-24-16/h4-5,7,14-15,18,20,22H,2-3,6,8-11H2,1H3/t14-,15-,18+/m1/s1. The number of carbonyl (C=O) groups is 1. The summed E-state index contributed by atoms with van der Waals surface area (Å²) in [6.45, 7) is 1.62. The number of aryl methyl sites for hydroxylation is 1. The fourth-order valence-corrected chi connectivity index (χ4v) is 3.30. The topological polar surface area (TPSA) is 79.2 Å². The van der Waals surface area contributed by atoms with Crippen LogP contribution in [0.1, 0.15) is 17.5 Å². The Morgan fingerprint density at radius 2 is 2.17 bits per heavy atom. The molecular formula is C18H25NO5. The molecule has 0 radical (unpaired) electrons. The van der Waals surface area contributed by atoms with E-state index in [1.807, 2.05) is 18.2 Å². The fraction of sp³-hybridized carbons (Fsp3) is 0.611. The number of hydrogen-bond acceptors (Lipinski definition) is 5. The zero-order valence-electron chi connectivity index (χ0n) is 14.0. The maximum atomic E-state index is 12.5. The molecule has 1 amide bonds. The van der Waals surface area contributed by atoms with Gasteiger partial charge in [-0.25, -0.2) is 0 Å². The third-order valence-electron chi connectivity index (χ3n) is 4.76. The number of rotatable bonds is 4. The molecule has 3 rings (SSSR count). The summed E-state index contributed by atoms with van der Waals surface area (Å²) in [6, 6.07) is 5.91. The van der Waals surface area contributed by atoms with Crippen molar-refractivity contribution in [2.75, 3.05) is 33.4 Å². The van der Waals surface area contributed by atoms with Gasteiger partial charge in [-0.1, -0.05) is 12.1 Å². The quantitative estimate of drug-likeness (QED) is 0.832. The number of nitrogens with zero attached hydrogens (tertiary/aromatic N) is 1. The number of aliphatic hydroxyl groups excluding tert-OH is 2. The fourth-order valence-electron chi connectivity index (χ4n) is 3.30. The molecule has 2 aliphatic rings. The Labute approximate surface area is 142 Å². The Bertz CT molecular complexity index is 591. The van der Waals surface area contributed by atoms with E-state index in [4.69, 9.17) is 9.47 Å². The van der Waals surface area contributed by atoms with Crippen molar-refractivity contribution >= 4 is 5.91 Å². The molecule has 0 aliphatic carbocycles. The van der Waals surface area contributed by atoms with Crippen LogP contribution in [0.25, 0.3) is 0 Å². The van der Waals surface area contributed by atoms with E-state index in [1.165, 1.54) is 0 Å². The molecule has 0 unspecified atom stereocenters. The maximum absolute atomic E-state index is 12.5.